The minimum atomic E-state index is -0.00636. The van der Waals surface area contributed by atoms with E-state index in [9.17, 15) is 4.79 Å². The Labute approximate surface area is 123 Å². The van der Waals surface area contributed by atoms with Crippen molar-refractivity contribution < 1.29 is 4.79 Å². The van der Waals surface area contributed by atoms with Gasteiger partial charge in [-0.1, -0.05) is 0 Å². The average Bonchev–Trinajstić information content (AvgIpc) is 2.97. The standard InChI is InChI=1S/C14H20N6O/c1-18(8-9-19-5-2-15-3-6-19)14(21)12-10-17-20-7-4-16-11-13(12)20/h4,7,10-11,15H,2-3,5-6,8-9H2,1H3. The van der Waals surface area contributed by atoms with Gasteiger partial charge in [0.15, 0.2) is 0 Å². The van der Waals surface area contributed by atoms with Crippen LogP contribution in [-0.4, -0.2) is 76.6 Å². The number of nitrogens with zero attached hydrogens (tertiary/aromatic N) is 5. The Balaban J connectivity index is 1.64. The van der Waals surface area contributed by atoms with Crippen LogP contribution in [0.25, 0.3) is 5.52 Å². The van der Waals surface area contributed by atoms with Gasteiger partial charge in [0.1, 0.15) is 0 Å². The van der Waals surface area contributed by atoms with Crippen molar-refractivity contribution in [2.75, 3.05) is 46.3 Å². The van der Waals surface area contributed by atoms with E-state index in [1.165, 1.54) is 0 Å². The Morgan fingerprint density at radius 3 is 3.00 bits per heavy atom. The lowest BCUT2D eigenvalue weighted by atomic mass is 10.2. The van der Waals surface area contributed by atoms with E-state index in [0.717, 1.165) is 44.8 Å². The van der Waals surface area contributed by atoms with Crippen molar-refractivity contribution in [1.29, 1.82) is 0 Å². The molecule has 0 aliphatic carbocycles. The van der Waals surface area contributed by atoms with Crippen LogP contribution in [-0.2, 0) is 0 Å². The summed E-state index contributed by atoms with van der Waals surface area (Å²) < 4.78 is 1.67. The summed E-state index contributed by atoms with van der Waals surface area (Å²) in [7, 11) is 1.84. The summed E-state index contributed by atoms with van der Waals surface area (Å²) >= 11 is 0. The molecule has 0 spiro atoms. The molecule has 0 saturated carbocycles. The highest BCUT2D eigenvalue weighted by Gasteiger charge is 2.18. The zero-order valence-electron chi connectivity index (χ0n) is 12.2. The highest BCUT2D eigenvalue weighted by atomic mass is 16.2. The highest BCUT2D eigenvalue weighted by molar-refractivity contribution is 6.00. The minimum Gasteiger partial charge on any atom is -0.340 e. The lowest BCUT2D eigenvalue weighted by Crippen LogP contribution is -2.46. The van der Waals surface area contributed by atoms with Crippen LogP contribution in [0, 0.1) is 0 Å². The summed E-state index contributed by atoms with van der Waals surface area (Å²) in [6, 6.07) is 0. The van der Waals surface area contributed by atoms with Gasteiger partial charge < -0.3 is 10.2 Å². The third-order valence-corrected chi connectivity index (χ3v) is 3.86. The molecular weight excluding hydrogens is 268 g/mol. The molecule has 1 N–H and O–H groups in total. The molecular formula is C14H20N6O. The molecule has 2 aromatic heterocycles. The second kappa shape index (κ2) is 6.19. The number of carbonyl (C=O) groups excluding carboxylic acids is 1. The van der Waals surface area contributed by atoms with Crippen LogP contribution in [0.15, 0.2) is 24.8 Å². The van der Waals surface area contributed by atoms with E-state index >= 15 is 0 Å². The maximum atomic E-state index is 12.5. The molecule has 1 aliphatic heterocycles. The van der Waals surface area contributed by atoms with Gasteiger partial charge >= 0.3 is 0 Å². The fourth-order valence-corrected chi connectivity index (χ4v) is 2.53. The molecule has 112 valence electrons. The molecule has 3 rings (SSSR count). The highest BCUT2D eigenvalue weighted by Crippen LogP contribution is 2.11. The van der Waals surface area contributed by atoms with Crippen molar-refractivity contribution in [2.45, 2.75) is 0 Å². The molecule has 21 heavy (non-hydrogen) atoms. The number of fused-ring (bicyclic) bond motifs is 1. The van der Waals surface area contributed by atoms with Gasteiger partial charge in [-0.05, 0) is 0 Å². The second-order valence-electron chi connectivity index (χ2n) is 5.28. The number of hydrogen-bond acceptors (Lipinski definition) is 5. The van der Waals surface area contributed by atoms with Crippen molar-refractivity contribution in [3.63, 3.8) is 0 Å². The van der Waals surface area contributed by atoms with E-state index in [-0.39, 0.29) is 5.91 Å². The number of rotatable bonds is 4. The normalized spacial score (nSPS) is 16.2. The molecule has 7 heteroatoms. The molecule has 0 aromatic carbocycles. The van der Waals surface area contributed by atoms with E-state index in [0.29, 0.717) is 5.56 Å². The maximum Gasteiger partial charge on any atom is 0.257 e. The molecule has 0 unspecified atom stereocenters. The first-order valence-electron chi connectivity index (χ1n) is 7.21. The SMILES string of the molecule is CN(CCN1CCNCC1)C(=O)c1cnn2ccncc12. The van der Waals surface area contributed by atoms with Crippen molar-refractivity contribution in [1.82, 2.24) is 29.7 Å². The third-order valence-electron chi connectivity index (χ3n) is 3.86. The lowest BCUT2D eigenvalue weighted by molar-refractivity contribution is 0.0776. The Hall–Kier alpha value is -1.99. The van der Waals surface area contributed by atoms with Gasteiger partial charge in [-0.25, -0.2) is 4.52 Å². The van der Waals surface area contributed by atoms with E-state index in [1.807, 2.05) is 7.05 Å². The van der Waals surface area contributed by atoms with Crippen molar-refractivity contribution in [2.24, 2.45) is 0 Å². The molecule has 2 aromatic rings. The topological polar surface area (TPSA) is 65.8 Å². The Morgan fingerprint density at radius 2 is 2.19 bits per heavy atom. The number of carbonyl (C=O) groups is 1. The zero-order chi connectivity index (χ0) is 14.7. The molecule has 0 radical (unpaired) electrons. The smallest absolute Gasteiger partial charge is 0.257 e. The van der Waals surface area contributed by atoms with Gasteiger partial charge in [0.05, 0.1) is 23.5 Å². The monoisotopic (exact) mass is 288 g/mol. The van der Waals surface area contributed by atoms with Crippen molar-refractivity contribution in [3.8, 4) is 0 Å². The quantitative estimate of drug-likeness (QED) is 0.837. The van der Waals surface area contributed by atoms with Crippen LogP contribution < -0.4 is 5.32 Å². The summed E-state index contributed by atoms with van der Waals surface area (Å²) in [5, 5.41) is 7.51. The minimum absolute atomic E-state index is 0.00636. The Bertz CT molecular complexity index is 619. The predicted molar refractivity (Wildman–Crippen MR) is 79.3 cm³/mol. The number of piperazine rings is 1. The summed E-state index contributed by atoms with van der Waals surface area (Å²) in [5.74, 6) is -0.00636. The molecule has 0 bridgehead atoms. The van der Waals surface area contributed by atoms with Gasteiger partial charge in [0.2, 0.25) is 0 Å². The summed E-state index contributed by atoms with van der Waals surface area (Å²) in [5.41, 5.74) is 1.35. The van der Waals surface area contributed by atoms with E-state index < -0.39 is 0 Å². The second-order valence-corrected chi connectivity index (χ2v) is 5.28. The molecule has 1 aliphatic rings. The third kappa shape index (κ3) is 3.03. The van der Waals surface area contributed by atoms with Crippen LogP contribution in [0.5, 0.6) is 0 Å². The van der Waals surface area contributed by atoms with Crippen molar-refractivity contribution >= 4 is 11.4 Å². The molecule has 3 heterocycles. The van der Waals surface area contributed by atoms with Gasteiger partial charge in [-0.3, -0.25) is 14.7 Å². The van der Waals surface area contributed by atoms with Crippen LogP contribution >= 0.6 is 0 Å². The summed E-state index contributed by atoms with van der Waals surface area (Å²) in [6.07, 6.45) is 6.68. The van der Waals surface area contributed by atoms with E-state index in [2.05, 4.69) is 20.3 Å². The fraction of sp³-hybridized carbons (Fsp3) is 0.500. The molecule has 1 saturated heterocycles. The van der Waals surface area contributed by atoms with Crippen LogP contribution in [0.4, 0.5) is 0 Å². The van der Waals surface area contributed by atoms with Gasteiger partial charge in [-0.15, -0.1) is 0 Å². The van der Waals surface area contributed by atoms with Gasteiger partial charge in [0, 0.05) is 58.7 Å². The average molecular weight is 288 g/mol. The zero-order valence-corrected chi connectivity index (χ0v) is 12.2. The molecule has 0 atom stereocenters. The number of nitrogens with one attached hydrogen (secondary N) is 1. The number of hydrogen-bond donors (Lipinski definition) is 1. The molecule has 1 amide bonds. The first-order valence-corrected chi connectivity index (χ1v) is 7.21. The number of aromatic nitrogens is 3. The first-order chi connectivity index (χ1) is 10.3. The van der Waals surface area contributed by atoms with E-state index in [1.54, 1.807) is 34.2 Å². The van der Waals surface area contributed by atoms with Crippen LogP contribution in [0.2, 0.25) is 0 Å². The summed E-state index contributed by atoms with van der Waals surface area (Å²) in [6.45, 7) is 5.76. The number of likely N-dealkylation sites (N-methyl/N-ethyl adjacent to an activating group) is 1. The van der Waals surface area contributed by atoms with E-state index in [4.69, 9.17) is 0 Å². The first kappa shape index (κ1) is 14.0. The van der Waals surface area contributed by atoms with Crippen LogP contribution in [0.1, 0.15) is 10.4 Å². The fourth-order valence-electron chi connectivity index (χ4n) is 2.53. The summed E-state index contributed by atoms with van der Waals surface area (Å²) in [4.78, 5) is 20.7. The Kier molecular flexibility index (Phi) is 4.12. The lowest BCUT2D eigenvalue weighted by Gasteiger charge is -2.29. The molecule has 7 nitrogen and oxygen atoms in total. The van der Waals surface area contributed by atoms with Gasteiger partial charge in [0.25, 0.3) is 5.91 Å². The largest absolute Gasteiger partial charge is 0.340 e. The van der Waals surface area contributed by atoms with Crippen molar-refractivity contribution in [3.05, 3.63) is 30.4 Å². The Morgan fingerprint density at radius 1 is 1.38 bits per heavy atom. The predicted octanol–water partition coefficient (Wildman–Crippen LogP) is -0.293. The number of amides is 1. The molecule has 1 fully saturated rings. The maximum absolute atomic E-state index is 12.5. The van der Waals surface area contributed by atoms with Gasteiger partial charge in [-0.2, -0.15) is 5.10 Å². The van der Waals surface area contributed by atoms with Crippen LogP contribution in [0.3, 0.4) is 0 Å².